The lowest BCUT2D eigenvalue weighted by Gasteiger charge is -2.03. The highest BCUT2D eigenvalue weighted by molar-refractivity contribution is 9.10. The van der Waals surface area contributed by atoms with Crippen molar-refractivity contribution in [1.82, 2.24) is 0 Å². The second-order valence-corrected chi connectivity index (χ2v) is 4.95. The van der Waals surface area contributed by atoms with Crippen molar-refractivity contribution in [1.29, 1.82) is 0 Å². The third-order valence-corrected chi connectivity index (χ3v) is 3.27. The summed E-state index contributed by atoms with van der Waals surface area (Å²) in [6.07, 6.45) is 0. The summed E-state index contributed by atoms with van der Waals surface area (Å²) in [6, 6.07) is 5.92. The first-order chi connectivity index (χ1) is 6.56. The summed E-state index contributed by atoms with van der Waals surface area (Å²) in [6.45, 7) is -1.27. The lowest BCUT2D eigenvalue weighted by atomic mass is 10.4. The largest absolute Gasteiger partial charge is 0.297 e. The van der Waals surface area contributed by atoms with Crippen LogP contribution in [0.2, 0.25) is 0 Å². The highest BCUT2D eigenvalue weighted by Crippen LogP contribution is 2.16. The lowest BCUT2D eigenvalue weighted by Crippen LogP contribution is -2.08. The Morgan fingerprint density at radius 2 is 1.86 bits per heavy atom. The van der Waals surface area contributed by atoms with Crippen LogP contribution in [0.25, 0.3) is 0 Å². The van der Waals surface area contributed by atoms with Gasteiger partial charge in [0.2, 0.25) is 0 Å². The van der Waals surface area contributed by atoms with Gasteiger partial charge in [0.15, 0.2) is 0 Å². The van der Waals surface area contributed by atoms with Gasteiger partial charge in [-0.3, -0.25) is 4.18 Å². The van der Waals surface area contributed by atoms with Crippen LogP contribution < -0.4 is 0 Å². The molecule has 78 valence electrons. The van der Waals surface area contributed by atoms with Gasteiger partial charge in [-0.25, -0.2) is 4.39 Å². The summed E-state index contributed by atoms with van der Waals surface area (Å²) in [7, 11) is -3.80. The number of alkyl halides is 1. The number of rotatable bonds is 4. The van der Waals surface area contributed by atoms with Crippen LogP contribution in [0, 0.1) is 0 Å². The molecule has 6 heteroatoms. The average Bonchev–Trinajstić information content (AvgIpc) is 2.16. The van der Waals surface area contributed by atoms with E-state index < -0.39 is 23.4 Å². The number of benzene rings is 1. The molecule has 1 aromatic carbocycles. The van der Waals surface area contributed by atoms with Crippen molar-refractivity contribution in [2.45, 2.75) is 4.90 Å². The first-order valence-electron chi connectivity index (χ1n) is 3.77. The highest BCUT2D eigenvalue weighted by Gasteiger charge is 2.13. The average molecular weight is 283 g/mol. The number of hydrogen-bond donors (Lipinski definition) is 0. The number of hydrogen-bond acceptors (Lipinski definition) is 3. The van der Waals surface area contributed by atoms with Crippen molar-refractivity contribution >= 4 is 26.0 Å². The smallest absolute Gasteiger partial charge is 0.264 e. The molecule has 1 rings (SSSR count). The van der Waals surface area contributed by atoms with Crippen molar-refractivity contribution in [3.63, 3.8) is 0 Å². The van der Waals surface area contributed by atoms with Gasteiger partial charge in [0.25, 0.3) is 10.1 Å². The third-order valence-electron chi connectivity index (χ3n) is 1.42. The molecular weight excluding hydrogens is 275 g/mol. The monoisotopic (exact) mass is 282 g/mol. The molecule has 0 aliphatic rings. The van der Waals surface area contributed by atoms with Crippen molar-refractivity contribution in [2.24, 2.45) is 0 Å². The molecule has 0 radical (unpaired) electrons. The summed E-state index contributed by atoms with van der Waals surface area (Å²) in [5, 5.41) is 0. The Morgan fingerprint density at radius 1 is 1.29 bits per heavy atom. The second kappa shape index (κ2) is 4.86. The van der Waals surface area contributed by atoms with E-state index in [-0.39, 0.29) is 4.90 Å². The molecule has 0 N–H and O–H groups in total. The summed E-state index contributed by atoms with van der Waals surface area (Å²) in [5.74, 6) is 0. The van der Waals surface area contributed by atoms with Crippen LogP contribution >= 0.6 is 15.9 Å². The molecule has 0 saturated heterocycles. The van der Waals surface area contributed by atoms with Crippen LogP contribution in [0.3, 0.4) is 0 Å². The minimum Gasteiger partial charge on any atom is -0.264 e. The van der Waals surface area contributed by atoms with Crippen LogP contribution in [0.4, 0.5) is 4.39 Å². The predicted molar refractivity (Wildman–Crippen MR) is 53.3 cm³/mol. The predicted octanol–water partition coefficient (Wildman–Crippen LogP) is 2.12. The molecule has 3 nitrogen and oxygen atoms in total. The normalized spacial score (nSPS) is 11.6. The van der Waals surface area contributed by atoms with Gasteiger partial charge in [-0.1, -0.05) is 15.9 Å². The van der Waals surface area contributed by atoms with Crippen molar-refractivity contribution in [3.05, 3.63) is 28.7 Å². The van der Waals surface area contributed by atoms with E-state index in [1.54, 1.807) is 12.1 Å². The zero-order chi connectivity index (χ0) is 10.6. The van der Waals surface area contributed by atoms with Gasteiger partial charge in [0, 0.05) is 4.47 Å². The SMILES string of the molecule is O=S(=O)(OCCF)c1ccc(Br)cc1. The van der Waals surface area contributed by atoms with E-state index in [1.807, 2.05) is 0 Å². The molecule has 0 saturated carbocycles. The first kappa shape index (κ1) is 11.6. The maximum Gasteiger partial charge on any atom is 0.297 e. The highest BCUT2D eigenvalue weighted by atomic mass is 79.9. The van der Waals surface area contributed by atoms with Crippen molar-refractivity contribution in [2.75, 3.05) is 13.3 Å². The van der Waals surface area contributed by atoms with Crippen molar-refractivity contribution < 1.29 is 17.0 Å². The van der Waals surface area contributed by atoms with Gasteiger partial charge >= 0.3 is 0 Å². The summed E-state index contributed by atoms with van der Waals surface area (Å²) < 4.78 is 39.5. The molecule has 0 aromatic heterocycles. The van der Waals surface area contributed by atoms with Crippen LogP contribution in [0.1, 0.15) is 0 Å². The van der Waals surface area contributed by atoms with E-state index in [0.29, 0.717) is 0 Å². The first-order valence-corrected chi connectivity index (χ1v) is 5.97. The molecule has 0 heterocycles. The Morgan fingerprint density at radius 3 is 2.36 bits per heavy atom. The van der Waals surface area contributed by atoms with E-state index in [9.17, 15) is 12.8 Å². The molecule has 0 fully saturated rings. The Hall–Kier alpha value is -0.460. The van der Waals surface area contributed by atoms with Gasteiger partial charge in [-0.15, -0.1) is 0 Å². The van der Waals surface area contributed by atoms with Crippen LogP contribution in [-0.2, 0) is 14.3 Å². The summed E-state index contributed by atoms with van der Waals surface area (Å²) in [5.41, 5.74) is 0. The molecule has 0 spiro atoms. The molecular formula is C8H8BrFO3S. The van der Waals surface area contributed by atoms with E-state index in [1.165, 1.54) is 12.1 Å². The van der Waals surface area contributed by atoms with Crippen LogP contribution in [0.15, 0.2) is 33.6 Å². The Kier molecular flexibility index (Phi) is 4.03. The summed E-state index contributed by atoms with van der Waals surface area (Å²) in [4.78, 5) is 0.0224. The molecule has 1 aromatic rings. The fraction of sp³-hybridized carbons (Fsp3) is 0.250. The Labute approximate surface area is 90.1 Å². The Bertz CT molecular complexity index is 388. The van der Waals surface area contributed by atoms with Gasteiger partial charge in [-0.2, -0.15) is 8.42 Å². The maximum absolute atomic E-state index is 11.7. The Balaban J connectivity index is 2.87. The quantitative estimate of drug-likeness (QED) is 0.795. The van der Waals surface area contributed by atoms with Gasteiger partial charge in [-0.05, 0) is 24.3 Å². The van der Waals surface area contributed by atoms with E-state index in [4.69, 9.17) is 0 Å². The molecule has 0 unspecified atom stereocenters. The zero-order valence-electron chi connectivity index (χ0n) is 7.11. The lowest BCUT2D eigenvalue weighted by molar-refractivity contribution is 0.277. The number of halogens is 2. The van der Waals surface area contributed by atoms with E-state index in [2.05, 4.69) is 20.1 Å². The third kappa shape index (κ3) is 3.04. The minimum atomic E-state index is -3.80. The van der Waals surface area contributed by atoms with Crippen molar-refractivity contribution in [3.8, 4) is 0 Å². The molecule has 0 aliphatic carbocycles. The van der Waals surface area contributed by atoms with Gasteiger partial charge in [0.1, 0.15) is 6.67 Å². The molecule has 0 aliphatic heterocycles. The fourth-order valence-electron chi connectivity index (χ4n) is 0.811. The maximum atomic E-state index is 11.7. The minimum absolute atomic E-state index is 0.0224. The molecule has 14 heavy (non-hydrogen) atoms. The zero-order valence-corrected chi connectivity index (χ0v) is 9.52. The van der Waals surface area contributed by atoms with E-state index in [0.717, 1.165) is 4.47 Å². The standard InChI is InChI=1S/C8H8BrFO3S/c9-7-1-3-8(4-2-7)14(11,12)13-6-5-10/h1-4H,5-6H2. The van der Waals surface area contributed by atoms with Crippen LogP contribution in [-0.4, -0.2) is 21.7 Å². The summed E-state index contributed by atoms with van der Waals surface area (Å²) >= 11 is 3.17. The van der Waals surface area contributed by atoms with Crippen LogP contribution in [0.5, 0.6) is 0 Å². The van der Waals surface area contributed by atoms with Gasteiger partial charge in [0.05, 0.1) is 11.5 Å². The van der Waals surface area contributed by atoms with E-state index >= 15 is 0 Å². The molecule has 0 atom stereocenters. The molecule has 0 bridgehead atoms. The second-order valence-electron chi connectivity index (χ2n) is 2.42. The fourth-order valence-corrected chi connectivity index (χ4v) is 1.96. The molecule has 0 amide bonds. The van der Waals surface area contributed by atoms with Gasteiger partial charge < -0.3 is 0 Å². The topological polar surface area (TPSA) is 43.4 Å².